The summed E-state index contributed by atoms with van der Waals surface area (Å²) >= 11 is 0. The van der Waals surface area contributed by atoms with Crippen molar-refractivity contribution in [2.75, 3.05) is 26.2 Å². The molecule has 0 bridgehead atoms. The molecule has 0 radical (unpaired) electrons. The molecule has 0 saturated carbocycles. The van der Waals surface area contributed by atoms with Crippen LogP contribution in [0, 0.1) is 0 Å². The lowest BCUT2D eigenvalue weighted by Gasteiger charge is -2.24. The molecule has 5 heteroatoms. The zero-order valence-electron chi connectivity index (χ0n) is 16.6. The number of rotatable bonds is 10. The Morgan fingerprint density at radius 3 is 2.37 bits per heavy atom. The van der Waals surface area contributed by atoms with Gasteiger partial charge in [-0.25, -0.2) is 0 Å². The first-order valence-electron chi connectivity index (χ1n) is 9.54. The number of carbonyl (C=O) groups is 1. The summed E-state index contributed by atoms with van der Waals surface area (Å²) in [6, 6.07) is 17.2. The van der Waals surface area contributed by atoms with Gasteiger partial charge in [0, 0.05) is 18.7 Å². The average Bonchev–Trinajstić information content (AvgIpc) is 2.70. The third-order valence-corrected chi connectivity index (χ3v) is 4.82. The highest BCUT2D eigenvalue weighted by atomic mass is 16.5. The molecule has 0 saturated heterocycles. The summed E-state index contributed by atoms with van der Waals surface area (Å²) in [6.45, 7) is 9.89. The van der Waals surface area contributed by atoms with Crippen molar-refractivity contribution in [1.29, 1.82) is 0 Å². The molecule has 0 aliphatic rings. The van der Waals surface area contributed by atoms with E-state index in [1.807, 2.05) is 54.6 Å². The van der Waals surface area contributed by atoms with Gasteiger partial charge in [-0.15, -0.1) is 0 Å². The fourth-order valence-electron chi connectivity index (χ4n) is 2.89. The van der Waals surface area contributed by atoms with Crippen molar-refractivity contribution in [2.45, 2.75) is 32.9 Å². The first-order chi connectivity index (χ1) is 13.0. The Bertz CT molecular complexity index is 713. The van der Waals surface area contributed by atoms with E-state index in [-0.39, 0.29) is 5.91 Å². The van der Waals surface area contributed by atoms with E-state index in [1.165, 1.54) is 0 Å². The van der Waals surface area contributed by atoms with E-state index in [1.54, 1.807) is 6.92 Å². The van der Waals surface area contributed by atoms with Gasteiger partial charge in [0.15, 0.2) is 0 Å². The number of benzene rings is 2. The van der Waals surface area contributed by atoms with Crippen molar-refractivity contribution in [3.8, 4) is 5.75 Å². The Morgan fingerprint density at radius 1 is 1.07 bits per heavy atom. The number of likely N-dealkylation sites (N-methyl/N-ethyl adjacent to an activating group) is 1. The van der Waals surface area contributed by atoms with Gasteiger partial charge in [0.25, 0.3) is 0 Å². The van der Waals surface area contributed by atoms with Crippen LogP contribution in [0.5, 0.6) is 5.75 Å². The number of nitrogens with one attached hydrogen (secondary N) is 1. The summed E-state index contributed by atoms with van der Waals surface area (Å²) in [4.78, 5) is 15.0. The van der Waals surface area contributed by atoms with Crippen LogP contribution in [0.2, 0.25) is 0 Å². The van der Waals surface area contributed by atoms with E-state index in [9.17, 15) is 4.79 Å². The number of hydrogen-bond donors (Lipinski definition) is 2. The fraction of sp³-hybridized carbons (Fsp3) is 0.409. The van der Waals surface area contributed by atoms with E-state index in [0.29, 0.717) is 13.2 Å². The Kier molecular flexibility index (Phi) is 7.82. The standard InChI is InChI=1S/C22H31N3O2/c1-4-25(5-2)15-16-27-20-14-10-9-11-18(20)17-24-21(26)22(3,23)19-12-7-6-8-13-19/h6-14H,4-5,15-17,23H2,1-3H3,(H,24,26). The second-order valence-electron chi connectivity index (χ2n) is 6.73. The quantitative estimate of drug-likeness (QED) is 0.676. The molecular weight excluding hydrogens is 338 g/mol. The molecule has 1 unspecified atom stereocenters. The van der Waals surface area contributed by atoms with E-state index in [2.05, 4.69) is 24.1 Å². The zero-order valence-corrected chi connectivity index (χ0v) is 16.6. The van der Waals surface area contributed by atoms with E-state index >= 15 is 0 Å². The molecule has 0 heterocycles. The van der Waals surface area contributed by atoms with Gasteiger partial charge in [0.2, 0.25) is 5.91 Å². The lowest BCUT2D eigenvalue weighted by atomic mass is 9.92. The molecule has 2 rings (SSSR count). The predicted molar refractivity (Wildman–Crippen MR) is 110 cm³/mol. The molecule has 0 aliphatic heterocycles. The number of carbonyl (C=O) groups excluding carboxylic acids is 1. The van der Waals surface area contributed by atoms with Crippen LogP contribution in [0.1, 0.15) is 31.9 Å². The van der Waals surface area contributed by atoms with Crippen LogP contribution >= 0.6 is 0 Å². The number of ether oxygens (including phenoxy) is 1. The van der Waals surface area contributed by atoms with Crippen molar-refractivity contribution in [3.63, 3.8) is 0 Å². The molecule has 3 N–H and O–H groups in total. The van der Waals surface area contributed by atoms with Crippen molar-refractivity contribution < 1.29 is 9.53 Å². The summed E-state index contributed by atoms with van der Waals surface area (Å²) in [7, 11) is 0. The number of amides is 1. The van der Waals surface area contributed by atoms with Gasteiger partial charge in [0.05, 0.1) is 0 Å². The Labute approximate surface area is 162 Å². The van der Waals surface area contributed by atoms with Crippen LogP contribution in [0.3, 0.4) is 0 Å². The predicted octanol–water partition coefficient (Wildman–Crippen LogP) is 2.90. The Balaban J connectivity index is 1.96. The van der Waals surface area contributed by atoms with Gasteiger partial charge in [-0.3, -0.25) is 4.79 Å². The molecule has 1 atom stereocenters. The minimum absolute atomic E-state index is 0.216. The van der Waals surface area contributed by atoms with Crippen molar-refractivity contribution >= 4 is 5.91 Å². The number of para-hydroxylation sites is 1. The lowest BCUT2D eigenvalue weighted by molar-refractivity contribution is -0.126. The van der Waals surface area contributed by atoms with Gasteiger partial charge in [0.1, 0.15) is 17.9 Å². The SMILES string of the molecule is CCN(CC)CCOc1ccccc1CNC(=O)C(C)(N)c1ccccc1. The molecule has 1 amide bonds. The highest BCUT2D eigenvalue weighted by Gasteiger charge is 2.30. The lowest BCUT2D eigenvalue weighted by Crippen LogP contribution is -2.48. The highest BCUT2D eigenvalue weighted by molar-refractivity contribution is 5.87. The largest absolute Gasteiger partial charge is 0.492 e. The molecule has 0 aromatic heterocycles. The van der Waals surface area contributed by atoms with Crippen LogP contribution in [0.25, 0.3) is 0 Å². The van der Waals surface area contributed by atoms with Crippen molar-refractivity contribution in [3.05, 3.63) is 65.7 Å². The number of nitrogens with zero attached hydrogens (tertiary/aromatic N) is 1. The molecule has 0 fully saturated rings. The monoisotopic (exact) mass is 369 g/mol. The van der Waals surface area contributed by atoms with Gasteiger partial charge < -0.3 is 20.7 Å². The van der Waals surface area contributed by atoms with Crippen LogP contribution in [-0.4, -0.2) is 37.0 Å². The van der Waals surface area contributed by atoms with Crippen LogP contribution in [-0.2, 0) is 16.9 Å². The Morgan fingerprint density at radius 2 is 1.70 bits per heavy atom. The Hall–Kier alpha value is -2.37. The summed E-state index contributed by atoms with van der Waals surface area (Å²) in [6.07, 6.45) is 0. The van der Waals surface area contributed by atoms with Gasteiger partial charge >= 0.3 is 0 Å². The van der Waals surface area contributed by atoms with E-state index in [0.717, 1.165) is 36.5 Å². The van der Waals surface area contributed by atoms with Gasteiger partial charge in [-0.1, -0.05) is 62.4 Å². The van der Waals surface area contributed by atoms with Gasteiger partial charge in [-0.2, -0.15) is 0 Å². The molecule has 5 nitrogen and oxygen atoms in total. The third-order valence-electron chi connectivity index (χ3n) is 4.82. The average molecular weight is 370 g/mol. The van der Waals surface area contributed by atoms with Crippen LogP contribution < -0.4 is 15.8 Å². The first kappa shape index (κ1) is 20.9. The molecule has 0 spiro atoms. The highest BCUT2D eigenvalue weighted by Crippen LogP contribution is 2.20. The molecule has 2 aromatic carbocycles. The van der Waals surface area contributed by atoms with Crippen LogP contribution in [0.4, 0.5) is 0 Å². The van der Waals surface area contributed by atoms with Crippen molar-refractivity contribution in [2.24, 2.45) is 5.73 Å². The molecule has 146 valence electrons. The van der Waals surface area contributed by atoms with Crippen LogP contribution in [0.15, 0.2) is 54.6 Å². The smallest absolute Gasteiger partial charge is 0.244 e. The topological polar surface area (TPSA) is 67.6 Å². The van der Waals surface area contributed by atoms with E-state index in [4.69, 9.17) is 10.5 Å². The normalized spacial score (nSPS) is 13.2. The minimum atomic E-state index is -1.08. The third kappa shape index (κ3) is 5.81. The van der Waals surface area contributed by atoms with Gasteiger partial charge in [-0.05, 0) is 31.6 Å². The zero-order chi connectivity index (χ0) is 19.7. The molecular formula is C22H31N3O2. The minimum Gasteiger partial charge on any atom is -0.492 e. The maximum absolute atomic E-state index is 12.6. The molecule has 27 heavy (non-hydrogen) atoms. The number of nitrogens with two attached hydrogens (primary N) is 1. The maximum atomic E-state index is 12.6. The number of hydrogen-bond acceptors (Lipinski definition) is 4. The second-order valence-corrected chi connectivity index (χ2v) is 6.73. The van der Waals surface area contributed by atoms with E-state index < -0.39 is 5.54 Å². The summed E-state index contributed by atoms with van der Waals surface area (Å²) in [5.74, 6) is 0.579. The fourth-order valence-corrected chi connectivity index (χ4v) is 2.89. The second kappa shape index (κ2) is 10.1. The summed E-state index contributed by atoms with van der Waals surface area (Å²) in [5.41, 5.74) is 6.92. The first-order valence-corrected chi connectivity index (χ1v) is 9.54. The summed E-state index contributed by atoms with van der Waals surface area (Å²) in [5, 5.41) is 2.95. The molecule has 2 aromatic rings. The molecule has 0 aliphatic carbocycles. The maximum Gasteiger partial charge on any atom is 0.244 e. The van der Waals surface area contributed by atoms with Crippen molar-refractivity contribution in [1.82, 2.24) is 10.2 Å². The summed E-state index contributed by atoms with van der Waals surface area (Å²) < 4.78 is 5.95.